The average molecular weight is 350 g/mol. The molecule has 0 amide bonds. The molecule has 2 aromatic rings. The Morgan fingerprint density at radius 3 is 2.71 bits per heavy atom. The molecule has 24 heavy (non-hydrogen) atoms. The van der Waals surface area contributed by atoms with Crippen molar-refractivity contribution in [1.29, 1.82) is 0 Å². The zero-order valence-corrected chi connectivity index (χ0v) is 14.7. The van der Waals surface area contributed by atoms with Crippen LogP contribution in [-0.2, 0) is 23.1 Å². The van der Waals surface area contributed by atoms with Gasteiger partial charge >= 0.3 is 0 Å². The van der Waals surface area contributed by atoms with E-state index in [4.69, 9.17) is 4.74 Å². The molecule has 0 fully saturated rings. The summed E-state index contributed by atoms with van der Waals surface area (Å²) in [5.41, 5.74) is 2.29. The van der Waals surface area contributed by atoms with Crippen LogP contribution in [0, 0.1) is 0 Å². The molecule has 0 saturated carbocycles. The van der Waals surface area contributed by atoms with Crippen LogP contribution in [0.25, 0.3) is 0 Å². The van der Waals surface area contributed by atoms with Gasteiger partial charge in [-0.05, 0) is 23.8 Å². The molecule has 1 N–H and O–H groups in total. The van der Waals surface area contributed by atoms with Crippen LogP contribution < -0.4 is 9.46 Å². The molecule has 3 rings (SSSR count). The number of hydrogen-bond donors (Lipinski definition) is 1. The molecule has 1 aromatic heterocycles. The fourth-order valence-corrected chi connectivity index (χ4v) is 3.47. The number of sulfonamides is 1. The van der Waals surface area contributed by atoms with E-state index < -0.39 is 10.0 Å². The van der Waals surface area contributed by atoms with Gasteiger partial charge in [0.2, 0.25) is 10.0 Å². The van der Waals surface area contributed by atoms with Crippen LogP contribution in [0.5, 0.6) is 5.75 Å². The van der Waals surface area contributed by atoms with Crippen molar-refractivity contribution in [2.75, 3.05) is 26.5 Å². The lowest BCUT2D eigenvalue weighted by Gasteiger charge is -2.34. The van der Waals surface area contributed by atoms with E-state index in [9.17, 15) is 8.42 Å². The van der Waals surface area contributed by atoms with Gasteiger partial charge in [0.1, 0.15) is 5.75 Å². The molecule has 0 spiro atoms. The van der Waals surface area contributed by atoms with E-state index in [0.717, 1.165) is 31.1 Å². The SMILES string of the molecule is COc1ccc(CN2Cc3ccnn3C(CNS(C)(=O)=O)C2)cc1. The average Bonchev–Trinajstić information content (AvgIpc) is 3.01. The van der Waals surface area contributed by atoms with Gasteiger partial charge in [0.15, 0.2) is 0 Å². The quantitative estimate of drug-likeness (QED) is 0.841. The van der Waals surface area contributed by atoms with Crippen molar-refractivity contribution in [1.82, 2.24) is 19.4 Å². The number of benzene rings is 1. The Balaban J connectivity index is 1.71. The van der Waals surface area contributed by atoms with Crippen molar-refractivity contribution >= 4 is 10.0 Å². The second kappa shape index (κ2) is 6.92. The van der Waals surface area contributed by atoms with E-state index >= 15 is 0 Å². The maximum absolute atomic E-state index is 11.4. The lowest BCUT2D eigenvalue weighted by molar-refractivity contribution is 0.168. The Morgan fingerprint density at radius 2 is 2.04 bits per heavy atom. The van der Waals surface area contributed by atoms with Crippen molar-refractivity contribution in [2.45, 2.75) is 19.1 Å². The third-order valence-corrected chi connectivity index (χ3v) is 4.79. The van der Waals surface area contributed by atoms with Gasteiger partial charge in [-0.25, -0.2) is 13.1 Å². The van der Waals surface area contributed by atoms with Gasteiger partial charge in [-0.15, -0.1) is 0 Å². The maximum Gasteiger partial charge on any atom is 0.208 e. The second-order valence-corrected chi connectivity index (χ2v) is 7.89. The number of methoxy groups -OCH3 is 1. The van der Waals surface area contributed by atoms with Crippen LogP contribution >= 0.6 is 0 Å². The van der Waals surface area contributed by atoms with E-state index in [1.807, 2.05) is 22.9 Å². The fourth-order valence-electron chi connectivity index (χ4n) is 2.97. The fraction of sp³-hybridized carbons (Fsp3) is 0.438. The number of nitrogens with one attached hydrogen (secondary N) is 1. The van der Waals surface area contributed by atoms with Gasteiger partial charge in [0, 0.05) is 32.4 Å². The summed E-state index contributed by atoms with van der Waals surface area (Å²) in [4.78, 5) is 2.30. The molecule has 1 aliphatic heterocycles. The number of hydrogen-bond acceptors (Lipinski definition) is 5. The summed E-state index contributed by atoms with van der Waals surface area (Å²) in [5, 5.41) is 4.34. The normalized spacial score (nSPS) is 18.3. The number of rotatable bonds is 6. The predicted molar refractivity (Wildman–Crippen MR) is 91.2 cm³/mol. The Hall–Kier alpha value is -1.90. The lowest BCUT2D eigenvalue weighted by atomic mass is 10.1. The topological polar surface area (TPSA) is 76.5 Å². The van der Waals surface area contributed by atoms with Crippen molar-refractivity contribution < 1.29 is 13.2 Å². The van der Waals surface area contributed by atoms with E-state index in [-0.39, 0.29) is 6.04 Å². The maximum atomic E-state index is 11.4. The van der Waals surface area contributed by atoms with Gasteiger partial charge in [0.05, 0.1) is 25.1 Å². The summed E-state index contributed by atoms with van der Waals surface area (Å²) >= 11 is 0. The molecule has 1 aromatic carbocycles. The van der Waals surface area contributed by atoms with Gasteiger partial charge in [-0.3, -0.25) is 9.58 Å². The summed E-state index contributed by atoms with van der Waals surface area (Å²) in [6, 6.07) is 9.96. The van der Waals surface area contributed by atoms with Crippen LogP contribution in [-0.4, -0.2) is 49.6 Å². The van der Waals surface area contributed by atoms with Crippen LogP contribution in [0.4, 0.5) is 0 Å². The highest BCUT2D eigenvalue weighted by atomic mass is 32.2. The molecule has 0 aliphatic carbocycles. The molecular formula is C16H22N4O3S. The van der Waals surface area contributed by atoms with Crippen LogP contribution in [0.1, 0.15) is 17.3 Å². The van der Waals surface area contributed by atoms with Gasteiger partial charge in [0.25, 0.3) is 0 Å². The summed E-state index contributed by atoms with van der Waals surface area (Å²) < 4.78 is 32.5. The number of fused-ring (bicyclic) bond motifs is 1. The summed E-state index contributed by atoms with van der Waals surface area (Å²) in [5.74, 6) is 0.839. The first-order valence-electron chi connectivity index (χ1n) is 7.77. The zero-order valence-electron chi connectivity index (χ0n) is 13.8. The molecular weight excluding hydrogens is 328 g/mol. The van der Waals surface area contributed by atoms with Crippen molar-refractivity contribution in [2.24, 2.45) is 0 Å². The van der Waals surface area contributed by atoms with E-state index in [1.54, 1.807) is 13.3 Å². The lowest BCUT2D eigenvalue weighted by Crippen LogP contribution is -2.42. The third kappa shape index (κ3) is 4.14. The molecule has 0 radical (unpaired) electrons. The molecule has 7 nitrogen and oxygen atoms in total. The first-order valence-corrected chi connectivity index (χ1v) is 9.66. The number of nitrogens with zero attached hydrogens (tertiary/aromatic N) is 3. The zero-order chi connectivity index (χ0) is 17.2. The smallest absolute Gasteiger partial charge is 0.208 e. The molecule has 2 heterocycles. The summed E-state index contributed by atoms with van der Waals surface area (Å²) in [6.07, 6.45) is 2.94. The third-order valence-electron chi connectivity index (χ3n) is 4.10. The van der Waals surface area contributed by atoms with Crippen LogP contribution in [0.15, 0.2) is 36.5 Å². The van der Waals surface area contributed by atoms with Crippen molar-refractivity contribution in [3.05, 3.63) is 47.8 Å². The molecule has 0 saturated heterocycles. The minimum absolute atomic E-state index is 0.0169. The Morgan fingerprint density at radius 1 is 1.29 bits per heavy atom. The Kier molecular flexibility index (Phi) is 4.88. The number of ether oxygens (including phenoxy) is 1. The minimum Gasteiger partial charge on any atom is -0.497 e. The molecule has 1 atom stereocenters. The highest BCUT2D eigenvalue weighted by Crippen LogP contribution is 2.22. The van der Waals surface area contributed by atoms with Gasteiger partial charge < -0.3 is 4.74 Å². The molecule has 130 valence electrons. The number of aromatic nitrogens is 2. The molecule has 1 unspecified atom stereocenters. The first-order chi connectivity index (χ1) is 11.4. The van der Waals surface area contributed by atoms with E-state index in [0.29, 0.717) is 6.54 Å². The first kappa shape index (κ1) is 16.9. The Labute approximate surface area is 142 Å². The van der Waals surface area contributed by atoms with Crippen LogP contribution in [0.2, 0.25) is 0 Å². The van der Waals surface area contributed by atoms with E-state index in [2.05, 4.69) is 26.9 Å². The summed E-state index contributed by atoms with van der Waals surface area (Å²) in [7, 11) is -1.56. The Bertz CT molecular complexity index is 786. The summed E-state index contributed by atoms with van der Waals surface area (Å²) in [6.45, 7) is 2.67. The van der Waals surface area contributed by atoms with Crippen molar-refractivity contribution in [3.63, 3.8) is 0 Å². The van der Waals surface area contributed by atoms with Crippen LogP contribution in [0.3, 0.4) is 0 Å². The standard InChI is InChI=1S/C16H22N4O3S/c1-23-16-5-3-13(4-6-16)10-19-11-14-7-8-17-20(14)15(12-19)9-18-24(2,21)22/h3-8,15,18H,9-12H2,1-2H3. The highest BCUT2D eigenvalue weighted by molar-refractivity contribution is 7.88. The van der Waals surface area contributed by atoms with E-state index in [1.165, 1.54) is 11.8 Å². The molecule has 0 bridgehead atoms. The van der Waals surface area contributed by atoms with Gasteiger partial charge in [-0.1, -0.05) is 12.1 Å². The second-order valence-electron chi connectivity index (χ2n) is 6.06. The highest BCUT2D eigenvalue weighted by Gasteiger charge is 2.26. The molecule has 1 aliphatic rings. The van der Waals surface area contributed by atoms with Crippen molar-refractivity contribution in [3.8, 4) is 5.75 Å². The monoisotopic (exact) mass is 350 g/mol. The molecule has 8 heteroatoms. The largest absolute Gasteiger partial charge is 0.497 e. The minimum atomic E-state index is -3.22. The predicted octanol–water partition coefficient (Wildman–Crippen LogP) is 0.998. The van der Waals surface area contributed by atoms with Gasteiger partial charge in [-0.2, -0.15) is 5.10 Å².